The molecule has 1 aromatic carbocycles. The molecule has 2 amide bonds. The summed E-state index contributed by atoms with van der Waals surface area (Å²) in [4.78, 5) is 33.9. The molecule has 1 aliphatic heterocycles. The number of carbonyl (C=O) groups is 2. The number of rotatable bonds is 5. The number of pyridine rings is 1. The quantitative estimate of drug-likeness (QED) is 0.657. The average molecular weight is 439 g/mol. The molecule has 0 unspecified atom stereocenters. The number of piperazine rings is 1. The van der Waals surface area contributed by atoms with Crippen molar-refractivity contribution in [2.45, 2.75) is 26.7 Å². The number of hydrogen-bond acceptors (Lipinski definition) is 6. The first kappa shape index (κ1) is 21.9. The smallest absolute Gasteiger partial charge is 0.259 e. The van der Waals surface area contributed by atoms with Crippen LogP contribution in [0.25, 0.3) is 11.1 Å². The van der Waals surface area contributed by atoms with Crippen LogP contribution in [-0.2, 0) is 4.79 Å². The van der Waals surface area contributed by atoms with E-state index in [1.54, 1.807) is 11.8 Å². The van der Waals surface area contributed by atoms with Crippen LogP contribution in [0.15, 0.2) is 34.9 Å². The average Bonchev–Trinajstić information content (AvgIpc) is 3.15. The van der Waals surface area contributed by atoms with Crippen molar-refractivity contribution in [1.82, 2.24) is 19.9 Å². The van der Waals surface area contributed by atoms with Crippen molar-refractivity contribution in [1.29, 1.82) is 0 Å². The Bertz CT molecular complexity index is 1130. The summed E-state index contributed by atoms with van der Waals surface area (Å²) in [7, 11) is 0. The van der Waals surface area contributed by atoms with E-state index >= 15 is 0 Å². The SMILES string of the molecule is Cc1noc2nc(C(C)C)cc(C(=O)N3CCN(CC(=O)Nc4ccc(F)cc4)CC3)c12. The second-order valence-corrected chi connectivity index (χ2v) is 8.32. The molecule has 0 aliphatic carbocycles. The fraction of sp³-hybridized carbons (Fsp3) is 0.391. The minimum absolute atomic E-state index is 0.0824. The van der Waals surface area contributed by atoms with Gasteiger partial charge in [0.15, 0.2) is 0 Å². The van der Waals surface area contributed by atoms with Crippen molar-refractivity contribution in [3.63, 3.8) is 0 Å². The molecular formula is C23H26FN5O3. The van der Waals surface area contributed by atoms with E-state index in [1.165, 1.54) is 24.3 Å². The van der Waals surface area contributed by atoms with Gasteiger partial charge in [-0.3, -0.25) is 14.5 Å². The molecule has 1 fully saturated rings. The highest BCUT2D eigenvalue weighted by molar-refractivity contribution is 6.06. The molecule has 9 heteroatoms. The highest BCUT2D eigenvalue weighted by Gasteiger charge is 2.27. The summed E-state index contributed by atoms with van der Waals surface area (Å²) in [5, 5.41) is 7.40. The molecule has 3 aromatic rings. The Balaban J connectivity index is 1.40. The van der Waals surface area contributed by atoms with E-state index in [0.717, 1.165) is 5.69 Å². The van der Waals surface area contributed by atoms with Crippen LogP contribution in [0.1, 0.15) is 41.5 Å². The number of hydrogen-bond donors (Lipinski definition) is 1. The van der Waals surface area contributed by atoms with Crippen LogP contribution in [0.5, 0.6) is 0 Å². The van der Waals surface area contributed by atoms with Crippen molar-refractivity contribution >= 4 is 28.6 Å². The van der Waals surface area contributed by atoms with Gasteiger partial charge in [0.25, 0.3) is 11.6 Å². The maximum Gasteiger partial charge on any atom is 0.259 e. The van der Waals surface area contributed by atoms with Crippen molar-refractivity contribution in [2.24, 2.45) is 0 Å². The van der Waals surface area contributed by atoms with Crippen LogP contribution < -0.4 is 5.32 Å². The molecule has 3 heterocycles. The molecule has 0 radical (unpaired) electrons. The zero-order valence-corrected chi connectivity index (χ0v) is 18.4. The van der Waals surface area contributed by atoms with Gasteiger partial charge in [0.2, 0.25) is 5.91 Å². The van der Waals surface area contributed by atoms with Crippen LogP contribution in [0.2, 0.25) is 0 Å². The number of carbonyl (C=O) groups excluding carboxylic acids is 2. The number of fused-ring (bicyclic) bond motifs is 1. The predicted molar refractivity (Wildman–Crippen MR) is 118 cm³/mol. The molecule has 1 N–H and O–H groups in total. The molecule has 168 valence electrons. The lowest BCUT2D eigenvalue weighted by molar-refractivity contribution is -0.117. The fourth-order valence-electron chi connectivity index (χ4n) is 3.79. The van der Waals surface area contributed by atoms with Gasteiger partial charge in [-0.25, -0.2) is 9.37 Å². The third kappa shape index (κ3) is 4.62. The Labute approximate surface area is 185 Å². The van der Waals surface area contributed by atoms with Crippen molar-refractivity contribution in [3.05, 3.63) is 53.1 Å². The Kier molecular flexibility index (Phi) is 6.18. The van der Waals surface area contributed by atoms with Gasteiger partial charge in [0.1, 0.15) is 5.82 Å². The third-order valence-electron chi connectivity index (χ3n) is 5.61. The molecule has 4 rings (SSSR count). The Hall–Kier alpha value is -3.33. The Morgan fingerprint density at radius 3 is 2.50 bits per heavy atom. The second kappa shape index (κ2) is 9.04. The van der Waals surface area contributed by atoms with Crippen LogP contribution in [0, 0.1) is 12.7 Å². The van der Waals surface area contributed by atoms with Gasteiger partial charge in [-0.2, -0.15) is 0 Å². The number of halogens is 1. The molecule has 1 aliphatic rings. The number of nitrogens with zero attached hydrogens (tertiary/aromatic N) is 4. The van der Waals surface area contributed by atoms with E-state index in [2.05, 4.69) is 15.5 Å². The lowest BCUT2D eigenvalue weighted by Gasteiger charge is -2.34. The van der Waals surface area contributed by atoms with Gasteiger partial charge in [0.05, 0.1) is 23.2 Å². The lowest BCUT2D eigenvalue weighted by atomic mass is 10.0. The summed E-state index contributed by atoms with van der Waals surface area (Å²) < 4.78 is 18.3. The molecular weight excluding hydrogens is 413 g/mol. The third-order valence-corrected chi connectivity index (χ3v) is 5.61. The number of benzene rings is 1. The van der Waals surface area contributed by atoms with Crippen molar-refractivity contribution in [2.75, 3.05) is 38.0 Å². The molecule has 0 spiro atoms. The first-order valence-electron chi connectivity index (χ1n) is 10.7. The van der Waals surface area contributed by atoms with E-state index in [0.29, 0.717) is 54.2 Å². The van der Waals surface area contributed by atoms with E-state index in [9.17, 15) is 14.0 Å². The number of aryl methyl sites for hydroxylation is 1. The number of aromatic nitrogens is 2. The largest absolute Gasteiger partial charge is 0.336 e. The first-order valence-corrected chi connectivity index (χ1v) is 10.7. The van der Waals surface area contributed by atoms with Gasteiger partial charge in [-0.15, -0.1) is 0 Å². The summed E-state index contributed by atoms with van der Waals surface area (Å²) in [5.74, 6) is -0.458. The summed E-state index contributed by atoms with van der Waals surface area (Å²) in [6.07, 6.45) is 0. The standard InChI is InChI=1S/C23H26FN5O3/c1-14(2)19-12-18(21-15(3)27-32-22(21)26-19)23(31)29-10-8-28(9-11-29)13-20(30)25-17-6-4-16(24)5-7-17/h4-7,12,14H,8-11,13H2,1-3H3,(H,25,30). The van der Waals surface area contributed by atoms with Crippen molar-refractivity contribution < 1.29 is 18.5 Å². The van der Waals surface area contributed by atoms with Crippen LogP contribution in [0.3, 0.4) is 0 Å². The predicted octanol–water partition coefficient (Wildman–Crippen LogP) is 3.19. The van der Waals surface area contributed by atoms with E-state index in [4.69, 9.17) is 4.52 Å². The van der Waals surface area contributed by atoms with E-state index in [1.807, 2.05) is 24.8 Å². The Morgan fingerprint density at radius 2 is 1.84 bits per heavy atom. The second-order valence-electron chi connectivity index (χ2n) is 8.32. The topological polar surface area (TPSA) is 91.6 Å². The molecule has 0 atom stereocenters. The summed E-state index contributed by atoms with van der Waals surface area (Å²) in [6, 6.07) is 7.49. The number of nitrogens with one attached hydrogen (secondary N) is 1. The van der Waals surface area contributed by atoms with Gasteiger partial charge in [-0.1, -0.05) is 19.0 Å². The number of amides is 2. The highest BCUT2D eigenvalue weighted by Crippen LogP contribution is 2.26. The minimum atomic E-state index is -0.350. The normalized spacial score (nSPS) is 14.8. The first-order chi connectivity index (χ1) is 15.3. The molecule has 0 bridgehead atoms. The summed E-state index contributed by atoms with van der Waals surface area (Å²) in [6.45, 7) is 8.22. The van der Waals surface area contributed by atoms with Crippen LogP contribution >= 0.6 is 0 Å². The fourth-order valence-corrected chi connectivity index (χ4v) is 3.79. The number of anilines is 1. The monoisotopic (exact) mass is 439 g/mol. The summed E-state index contributed by atoms with van der Waals surface area (Å²) in [5.41, 5.74) is 2.92. The zero-order chi connectivity index (χ0) is 22.8. The molecule has 1 saturated heterocycles. The van der Waals surface area contributed by atoms with Crippen molar-refractivity contribution in [3.8, 4) is 0 Å². The van der Waals surface area contributed by atoms with Gasteiger partial charge in [0, 0.05) is 37.6 Å². The van der Waals surface area contributed by atoms with Crippen LogP contribution in [0.4, 0.5) is 10.1 Å². The molecule has 32 heavy (non-hydrogen) atoms. The van der Waals surface area contributed by atoms with Gasteiger partial charge in [-0.05, 0) is 43.2 Å². The summed E-state index contributed by atoms with van der Waals surface area (Å²) >= 11 is 0. The minimum Gasteiger partial charge on any atom is -0.336 e. The lowest BCUT2D eigenvalue weighted by Crippen LogP contribution is -2.50. The maximum atomic E-state index is 13.3. The molecule has 2 aromatic heterocycles. The van der Waals surface area contributed by atoms with E-state index in [-0.39, 0.29) is 30.1 Å². The molecule has 0 saturated carbocycles. The van der Waals surface area contributed by atoms with Gasteiger partial charge >= 0.3 is 0 Å². The maximum absolute atomic E-state index is 13.3. The zero-order valence-electron chi connectivity index (χ0n) is 18.4. The Morgan fingerprint density at radius 1 is 1.16 bits per heavy atom. The van der Waals surface area contributed by atoms with Gasteiger partial charge < -0.3 is 14.7 Å². The molecule has 8 nitrogen and oxygen atoms in total. The van der Waals surface area contributed by atoms with Crippen LogP contribution in [-0.4, -0.2) is 64.5 Å². The highest BCUT2D eigenvalue weighted by atomic mass is 19.1. The van der Waals surface area contributed by atoms with E-state index < -0.39 is 0 Å².